The minimum atomic E-state index is -4.94. The molecule has 0 heterocycles. The molecule has 0 amide bonds. The van der Waals surface area contributed by atoms with Crippen LogP contribution in [0.2, 0.25) is 0 Å². The average Bonchev–Trinajstić information content (AvgIpc) is 2.98. The molecule has 0 aromatic heterocycles. The first-order chi connectivity index (χ1) is 22.4. The number of aliphatic hydroxyl groups excluding tert-OH is 2. The molecule has 0 spiro atoms. The number of Topliss-reactive ketones (excluding diaryl/α,β-unsaturated/α-hetero) is 2. The topological polar surface area (TPSA) is 307 Å². The molecule has 1 radical (unpaired) electrons. The maximum Gasteiger partial charge on any atom is 0.295 e. The normalized spacial score (nSPS) is 16.8. The number of aliphatic hydroxyl groups is 4. The van der Waals surface area contributed by atoms with Gasteiger partial charge >= 0.3 is 0 Å². The summed E-state index contributed by atoms with van der Waals surface area (Å²) in [6.45, 7) is 0. The molecule has 4 rings (SSSR count). The number of nitrogens with one attached hydrogen (secondary N) is 2. The number of benzene rings is 2. The van der Waals surface area contributed by atoms with E-state index in [0.29, 0.717) is 0 Å². The number of ketones is 4. The molecule has 0 bridgehead atoms. The van der Waals surface area contributed by atoms with Crippen LogP contribution in [0.1, 0.15) is 11.1 Å². The number of carbonyl (C=O) groups excluding carboxylic acids is 4. The van der Waals surface area contributed by atoms with E-state index in [4.69, 9.17) is 0 Å². The van der Waals surface area contributed by atoms with Crippen LogP contribution in [-0.4, -0.2) is 110 Å². The van der Waals surface area contributed by atoms with Gasteiger partial charge in [0.05, 0.1) is 11.4 Å². The van der Waals surface area contributed by atoms with Crippen molar-refractivity contribution in [3.8, 4) is 0 Å². The number of anilines is 2. The molecule has 2 aliphatic carbocycles. The van der Waals surface area contributed by atoms with Gasteiger partial charge in [-0.1, -0.05) is 24.3 Å². The standard InChI is InChI=1S/C28H20N4O14S2.Na/c33-19-9-7-17(25(35)23(19)27(37)38)31-29-15-5-3-13(21(11-15)47(41,42)43)1-2-14-4-6-16(12-22(14)48(44,45)46)30-32-18-8-10-20(34)24(26(18)36)28(39)40;/h1-12,29-30,37-40H,(H,41,42,43)(H,44,45,46);. The van der Waals surface area contributed by atoms with Crippen LogP contribution in [0.4, 0.5) is 11.4 Å². The number of rotatable bonds is 8. The Hall–Kier alpha value is -5.22. The molecule has 49 heavy (non-hydrogen) atoms. The van der Waals surface area contributed by atoms with Gasteiger partial charge < -0.3 is 20.4 Å². The van der Waals surface area contributed by atoms with Crippen LogP contribution < -0.4 is 10.9 Å². The monoisotopic (exact) mass is 723 g/mol. The summed E-state index contributed by atoms with van der Waals surface area (Å²) in [7, 11) is -9.88. The van der Waals surface area contributed by atoms with Crippen LogP contribution in [0.5, 0.6) is 0 Å². The minimum Gasteiger partial charge on any atom is -0.480 e. The summed E-state index contributed by atoms with van der Waals surface area (Å²) in [5.74, 6) is -7.29. The summed E-state index contributed by atoms with van der Waals surface area (Å²) in [4.78, 5) is 46.6. The number of nitrogens with zero attached hydrogens (tertiary/aromatic N) is 2. The molecular weight excluding hydrogens is 703 g/mol. The molecule has 249 valence electrons. The van der Waals surface area contributed by atoms with Crippen molar-refractivity contribution in [1.82, 2.24) is 0 Å². The first-order valence-electron chi connectivity index (χ1n) is 12.8. The molecule has 0 saturated heterocycles. The smallest absolute Gasteiger partial charge is 0.295 e. The minimum absolute atomic E-state index is 0. The zero-order valence-electron chi connectivity index (χ0n) is 24.6. The van der Waals surface area contributed by atoms with Gasteiger partial charge in [0.2, 0.25) is 11.6 Å². The fourth-order valence-electron chi connectivity index (χ4n) is 4.07. The van der Waals surface area contributed by atoms with Crippen LogP contribution in [0, 0.1) is 0 Å². The third-order valence-electron chi connectivity index (χ3n) is 6.28. The van der Waals surface area contributed by atoms with E-state index in [0.717, 1.165) is 60.7 Å². The van der Waals surface area contributed by atoms with Gasteiger partial charge in [-0.05, 0) is 59.7 Å². The predicted molar refractivity (Wildman–Crippen MR) is 172 cm³/mol. The van der Waals surface area contributed by atoms with Crippen molar-refractivity contribution in [2.75, 3.05) is 10.9 Å². The van der Waals surface area contributed by atoms with Gasteiger partial charge in [-0.15, -0.1) is 0 Å². The van der Waals surface area contributed by atoms with Crippen molar-refractivity contribution >= 4 is 108 Å². The molecule has 2 aliphatic rings. The van der Waals surface area contributed by atoms with E-state index in [1.165, 1.54) is 12.1 Å². The molecule has 8 N–H and O–H groups in total. The predicted octanol–water partition coefficient (Wildman–Crippen LogP) is 1.58. The van der Waals surface area contributed by atoms with E-state index in [-0.39, 0.29) is 52.1 Å². The summed E-state index contributed by atoms with van der Waals surface area (Å²) >= 11 is 0. The molecule has 2 aromatic rings. The second-order valence-corrected chi connectivity index (χ2v) is 12.2. The molecule has 0 aliphatic heterocycles. The largest absolute Gasteiger partial charge is 0.480 e. The first-order valence-corrected chi connectivity index (χ1v) is 15.6. The molecule has 0 saturated carbocycles. The van der Waals surface area contributed by atoms with Crippen LogP contribution in [-0.2, 0) is 39.4 Å². The maximum absolute atomic E-state index is 12.3. The second-order valence-electron chi connectivity index (χ2n) is 9.46. The molecule has 18 nitrogen and oxygen atoms in total. The Kier molecular flexibility index (Phi) is 11.6. The van der Waals surface area contributed by atoms with Crippen LogP contribution in [0.25, 0.3) is 12.2 Å². The van der Waals surface area contributed by atoms with E-state index < -0.39 is 87.6 Å². The Morgan fingerprint density at radius 3 is 1.24 bits per heavy atom. The van der Waals surface area contributed by atoms with E-state index in [1.807, 2.05) is 0 Å². The molecule has 21 heteroatoms. The van der Waals surface area contributed by atoms with Gasteiger partial charge in [0.15, 0.2) is 22.7 Å². The second kappa shape index (κ2) is 14.9. The third-order valence-corrected chi connectivity index (χ3v) is 8.10. The van der Waals surface area contributed by atoms with E-state index in [2.05, 4.69) is 21.1 Å². The summed E-state index contributed by atoms with van der Waals surface area (Å²) in [5.41, 5.74) is 1.30. The Bertz CT molecular complexity index is 2080. The third kappa shape index (κ3) is 8.83. The molecule has 0 fully saturated rings. The van der Waals surface area contributed by atoms with Crippen molar-refractivity contribution in [3.63, 3.8) is 0 Å². The molecule has 0 atom stereocenters. The van der Waals surface area contributed by atoms with E-state index >= 15 is 0 Å². The summed E-state index contributed by atoms with van der Waals surface area (Å²) in [6, 6.07) is 6.57. The maximum atomic E-state index is 12.3. The van der Waals surface area contributed by atoms with Crippen LogP contribution in [0.3, 0.4) is 0 Å². The van der Waals surface area contributed by atoms with Gasteiger partial charge in [0, 0.05) is 29.6 Å². The molecule has 2 aromatic carbocycles. The average molecular weight is 724 g/mol. The van der Waals surface area contributed by atoms with Gasteiger partial charge in [-0.25, -0.2) is 0 Å². The fourth-order valence-corrected chi connectivity index (χ4v) is 5.49. The van der Waals surface area contributed by atoms with Crippen molar-refractivity contribution in [2.24, 2.45) is 10.2 Å². The van der Waals surface area contributed by atoms with Crippen LogP contribution >= 0.6 is 0 Å². The van der Waals surface area contributed by atoms with Gasteiger partial charge in [0.1, 0.15) is 21.2 Å². The van der Waals surface area contributed by atoms with Gasteiger partial charge in [-0.2, -0.15) is 27.0 Å². The van der Waals surface area contributed by atoms with Crippen molar-refractivity contribution < 1.29 is 65.5 Å². The number of hydrazone groups is 2. The number of hydrogen-bond donors (Lipinski definition) is 8. The number of allylic oxidation sites excluding steroid dienone is 6. The Labute approximate surface area is 297 Å². The summed E-state index contributed by atoms with van der Waals surface area (Å²) in [5, 5.41) is 44.2. The van der Waals surface area contributed by atoms with Crippen LogP contribution in [0.15, 0.2) is 104 Å². The van der Waals surface area contributed by atoms with E-state index in [1.54, 1.807) is 0 Å². The summed E-state index contributed by atoms with van der Waals surface area (Å²) in [6.07, 6.45) is 5.77. The van der Waals surface area contributed by atoms with Crippen molar-refractivity contribution in [3.05, 3.63) is 94.9 Å². The van der Waals surface area contributed by atoms with Gasteiger partial charge in [0.25, 0.3) is 32.1 Å². The van der Waals surface area contributed by atoms with Crippen molar-refractivity contribution in [1.29, 1.82) is 0 Å². The molecular formula is C28H20N4NaO14S2. The fraction of sp³-hybridized carbons (Fsp3) is 0. The zero-order chi connectivity index (χ0) is 35.6. The van der Waals surface area contributed by atoms with Crippen molar-refractivity contribution in [2.45, 2.75) is 9.79 Å². The molecule has 0 unspecified atom stereocenters. The SMILES string of the molecule is O=C1C=CC(=NNc2ccc(C=Cc3ccc(NN=C4C=CC(=O)C(=C(O)O)C4=O)cc3S(=O)(=O)O)c(S(=O)(=O)O)c2)C(=O)C1=C(O)O.[Na]. The number of hydrogen-bond acceptors (Lipinski definition) is 16. The van der Waals surface area contributed by atoms with Gasteiger partial charge in [-0.3, -0.25) is 39.1 Å². The first kappa shape index (κ1) is 38.2. The Morgan fingerprint density at radius 1 is 0.592 bits per heavy atom. The Morgan fingerprint density at radius 2 is 0.939 bits per heavy atom. The quantitative estimate of drug-likeness (QED) is 0.0364. The Balaban J connectivity index is 0.00000650. The van der Waals surface area contributed by atoms with E-state index in [9.17, 15) is 65.5 Å². The zero-order valence-corrected chi connectivity index (χ0v) is 28.2. The number of carbonyl (C=O) groups is 4. The summed E-state index contributed by atoms with van der Waals surface area (Å²) < 4.78 is 68.3.